The van der Waals surface area contributed by atoms with E-state index < -0.39 is 10.0 Å². The van der Waals surface area contributed by atoms with Crippen LogP contribution in [0.5, 0.6) is 0 Å². The van der Waals surface area contributed by atoms with E-state index in [0.29, 0.717) is 5.69 Å². The van der Waals surface area contributed by atoms with Gasteiger partial charge in [0.05, 0.1) is 5.69 Å². The molecule has 0 unspecified atom stereocenters. The van der Waals surface area contributed by atoms with Crippen LogP contribution in [0.2, 0.25) is 0 Å². The quantitative estimate of drug-likeness (QED) is 0.627. The Morgan fingerprint density at radius 3 is 2.38 bits per heavy atom. The number of nitrogens with one attached hydrogen (secondary N) is 1. The summed E-state index contributed by atoms with van der Waals surface area (Å²) >= 11 is 3.35. The molecule has 0 aliphatic heterocycles. The first-order valence-electron chi connectivity index (χ1n) is 6.21. The molecule has 5 nitrogen and oxygen atoms in total. The monoisotopic (exact) mass is 369 g/mol. The molecular formula is C14H16BrN3O2S. The Labute approximate surface area is 132 Å². The van der Waals surface area contributed by atoms with Gasteiger partial charge in [0.2, 0.25) is 10.0 Å². The van der Waals surface area contributed by atoms with Crippen molar-refractivity contribution in [3.8, 4) is 0 Å². The van der Waals surface area contributed by atoms with Crippen molar-refractivity contribution in [2.45, 2.75) is 11.4 Å². The zero-order valence-electron chi connectivity index (χ0n) is 11.5. The van der Waals surface area contributed by atoms with Gasteiger partial charge < -0.3 is 5.43 Å². The van der Waals surface area contributed by atoms with Crippen LogP contribution in [-0.2, 0) is 16.6 Å². The molecule has 0 heterocycles. The number of anilines is 1. The highest BCUT2D eigenvalue weighted by atomic mass is 79.9. The maximum atomic E-state index is 12.6. The number of hydrogen-bond donors (Lipinski definition) is 2. The zero-order valence-corrected chi connectivity index (χ0v) is 13.9. The average molecular weight is 370 g/mol. The van der Waals surface area contributed by atoms with Crippen LogP contribution in [-0.4, -0.2) is 19.8 Å². The third-order valence-corrected chi connectivity index (χ3v) is 5.44. The third kappa shape index (κ3) is 3.62. The molecule has 7 heteroatoms. The molecule has 3 N–H and O–H groups in total. The van der Waals surface area contributed by atoms with E-state index in [1.165, 1.54) is 10.4 Å². The van der Waals surface area contributed by atoms with Crippen molar-refractivity contribution in [3.63, 3.8) is 0 Å². The van der Waals surface area contributed by atoms with Gasteiger partial charge in [-0.25, -0.2) is 8.42 Å². The molecular weight excluding hydrogens is 354 g/mol. The number of rotatable bonds is 5. The Morgan fingerprint density at radius 1 is 1.14 bits per heavy atom. The summed E-state index contributed by atoms with van der Waals surface area (Å²) in [6.07, 6.45) is 0. The Morgan fingerprint density at radius 2 is 1.76 bits per heavy atom. The van der Waals surface area contributed by atoms with Crippen LogP contribution >= 0.6 is 15.9 Å². The van der Waals surface area contributed by atoms with Gasteiger partial charge in [-0.2, -0.15) is 4.31 Å². The highest BCUT2D eigenvalue weighted by Crippen LogP contribution is 2.24. The minimum atomic E-state index is -3.61. The molecule has 21 heavy (non-hydrogen) atoms. The zero-order chi connectivity index (χ0) is 15.5. The van der Waals surface area contributed by atoms with Gasteiger partial charge >= 0.3 is 0 Å². The Balaban J connectivity index is 2.28. The standard InChI is InChI=1S/C14H16BrN3O2S/c1-18(10-11-6-8-12(15)9-7-11)21(19,20)14-5-3-2-4-13(14)17-16/h2-9,17H,10,16H2,1H3. The van der Waals surface area contributed by atoms with Crippen molar-refractivity contribution in [1.82, 2.24) is 4.31 Å². The topological polar surface area (TPSA) is 75.4 Å². The predicted molar refractivity (Wildman–Crippen MR) is 87.0 cm³/mol. The van der Waals surface area contributed by atoms with Gasteiger partial charge in [0, 0.05) is 18.1 Å². The van der Waals surface area contributed by atoms with Gasteiger partial charge in [0.1, 0.15) is 4.90 Å². The maximum absolute atomic E-state index is 12.6. The summed E-state index contributed by atoms with van der Waals surface area (Å²) in [5.74, 6) is 5.38. The molecule has 112 valence electrons. The molecule has 0 aliphatic carbocycles. The van der Waals surface area contributed by atoms with E-state index in [-0.39, 0.29) is 11.4 Å². The van der Waals surface area contributed by atoms with Crippen LogP contribution in [0.3, 0.4) is 0 Å². The molecule has 0 fully saturated rings. The summed E-state index contributed by atoms with van der Waals surface area (Å²) in [4.78, 5) is 0.159. The smallest absolute Gasteiger partial charge is 0.245 e. The van der Waals surface area contributed by atoms with E-state index in [1.807, 2.05) is 24.3 Å². The first-order valence-corrected chi connectivity index (χ1v) is 8.45. The van der Waals surface area contributed by atoms with E-state index in [4.69, 9.17) is 5.84 Å². The van der Waals surface area contributed by atoms with E-state index in [1.54, 1.807) is 25.2 Å². The van der Waals surface area contributed by atoms with Crippen molar-refractivity contribution in [2.75, 3.05) is 12.5 Å². The SMILES string of the molecule is CN(Cc1ccc(Br)cc1)S(=O)(=O)c1ccccc1NN. The second-order valence-electron chi connectivity index (χ2n) is 4.53. The van der Waals surface area contributed by atoms with Gasteiger partial charge in [-0.1, -0.05) is 40.2 Å². The average Bonchev–Trinajstić information content (AvgIpc) is 2.49. The molecule has 2 aromatic carbocycles. The molecule has 0 bridgehead atoms. The molecule has 2 rings (SSSR count). The number of hydrazine groups is 1. The lowest BCUT2D eigenvalue weighted by molar-refractivity contribution is 0.467. The molecule has 0 amide bonds. The Hall–Kier alpha value is -1.41. The second kappa shape index (κ2) is 6.57. The lowest BCUT2D eigenvalue weighted by Crippen LogP contribution is -2.27. The van der Waals surface area contributed by atoms with Crippen molar-refractivity contribution in [2.24, 2.45) is 5.84 Å². The highest BCUT2D eigenvalue weighted by Gasteiger charge is 2.23. The minimum absolute atomic E-state index is 0.159. The van der Waals surface area contributed by atoms with Crippen LogP contribution in [0.4, 0.5) is 5.69 Å². The Bertz CT molecular complexity index is 717. The van der Waals surface area contributed by atoms with Gasteiger partial charge in [-0.15, -0.1) is 0 Å². The number of hydrogen-bond acceptors (Lipinski definition) is 4. The van der Waals surface area contributed by atoms with Gasteiger partial charge in [-0.3, -0.25) is 5.84 Å². The predicted octanol–water partition coefficient (Wildman–Crippen LogP) is 2.56. The molecule has 2 aromatic rings. The molecule has 0 aromatic heterocycles. The fourth-order valence-electron chi connectivity index (χ4n) is 1.91. The summed E-state index contributed by atoms with van der Waals surface area (Å²) in [5.41, 5.74) is 3.70. The van der Waals surface area contributed by atoms with Crippen LogP contribution < -0.4 is 11.3 Å². The summed E-state index contributed by atoms with van der Waals surface area (Å²) in [6, 6.07) is 14.1. The molecule has 0 radical (unpaired) electrons. The van der Waals surface area contributed by atoms with Crippen LogP contribution in [0.25, 0.3) is 0 Å². The lowest BCUT2D eigenvalue weighted by atomic mass is 10.2. The summed E-state index contributed by atoms with van der Waals surface area (Å²) in [6.45, 7) is 0.286. The molecule has 0 aliphatic rings. The van der Waals surface area contributed by atoms with Crippen LogP contribution in [0.1, 0.15) is 5.56 Å². The molecule has 0 spiro atoms. The van der Waals surface area contributed by atoms with E-state index in [0.717, 1.165) is 10.0 Å². The second-order valence-corrected chi connectivity index (χ2v) is 7.46. The Kier molecular flexibility index (Phi) is 5.00. The van der Waals surface area contributed by atoms with E-state index in [9.17, 15) is 8.42 Å². The number of nitrogens with zero attached hydrogens (tertiary/aromatic N) is 1. The van der Waals surface area contributed by atoms with E-state index >= 15 is 0 Å². The molecule has 0 saturated heterocycles. The van der Waals surface area contributed by atoms with Gasteiger partial charge in [-0.05, 0) is 29.8 Å². The van der Waals surface area contributed by atoms with Crippen molar-refractivity contribution in [1.29, 1.82) is 0 Å². The van der Waals surface area contributed by atoms with Gasteiger partial charge in [0.25, 0.3) is 0 Å². The highest BCUT2D eigenvalue weighted by molar-refractivity contribution is 9.10. The first kappa shape index (κ1) is 16.0. The first-order chi connectivity index (χ1) is 9.95. The molecule has 0 saturated carbocycles. The number of halogens is 1. The maximum Gasteiger partial charge on any atom is 0.245 e. The van der Waals surface area contributed by atoms with Crippen molar-refractivity contribution < 1.29 is 8.42 Å². The number of benzene rings is 2. The van der Waals surface area contributed by atoms with Crippen molar-refractivity contribution in [3.05, 3.63) is 58.6 Å². The number of para-hydroxylation sites is 1. The normalized spacial score (nSPS) is 11.6. The van der Waals surface area contributed by atoms with Crippen LogP contribution in [0, 0.1) is 0 Å². The summed E-state index contributed by atoms with van der Waals surface area (Å²) in [7, 11) is -2.06. The third-order valence-electron chi connectivity index (χ3n) is 3.05. The largest absolute Gasteiger partial charge is 0.323 e. The fraction of sp³-hybridized carbons (Fsp3) is 0.143. The van der Waals surface area contributed by atoms with E-state index in [2.05, 4.69) is 21.4 Å². The lowest BCUT2D eigenvalue weighted by Gasteiger charge is -2.19. The number of sulfonamides is 1. The fourth-order valence-corrected chi connectivity index (χ4v) is 3.49. The minimum Gasteiger partial charge on any atom is -0.323 e. The number of nitrogens with two attached hydrogens (primary N) is 1. The molecule has 0 atom stereocenters. The summed E-state index contributed by atoms with van der Waals surface area (Å²) in [5, 5.41) is 0. The van der Waals surface area contributed by atoms with Crippen LogP contribution in [0.15, 0.2) is 57.9 Å². The summed E-state index contributed by atoms with van der Waals surface area (Å²) < 4.78 is 27.5. The number of nitrogen functional groups attached to an aromatic ring is 1. The van der Waals surface area contributed by atoms with Crippen molar-refractivity contribution >= 4 is 31.6 Å². The van der Waals surface area contributed by atoms with Gasteiger partial charge in [0.15, 0.2) is 0 Å².